The summed E-state index contributed by atoms with van der Waals surface area (Å²) >= 11 is 1.62. The molecule has 0 bridgehead atoms. The van der Waals surface area contributed by atoms with Crippen LogP contribution in [0.3, 0.4) is 0 Å². The van der Waals surface area contributed by atoms with Crippen molar-refractivity contribution >= 4 is 42.1 Å². The summed E-state index contributed by atoms with van der Waals surface area (Å²) in [6, 6.07) is 0.346. The predicted molar refractivity (Wildman–Crippen MR) is 92.8 cm³/mol. The average molecular weight is 354 g/mol. The van der Waals surface area contributed by atoms with Crippen molar-refractivity contribution in [3.05, 3.63) is 16.1 Å². The summed E-state index contributed by atoms with van der Waals surface area (Å²) in [5, 5.41) is 9.57. The first-order valence-corrected chi connectivity index (χ1v) is 7.88. The molecular formula is C14H25Cl2N3OS. The lowest BCUT2D eigenvalue weighted by molar-refractivity contribution is -0.123. The summed E-state index contributed by atoms with van der Waals surface area (Å²) in [6.07, 6.45) is 3.70. The fourth-order valence-electron chi connectivity index (χ4n) is 2.41. The lowest BCUT2D eigenvalue weighted by Gasteiger charge is -2.28. The minimum absolute atomic E-state index is 0. The lowest BCUT2D eigenvalue weighted by Crippen LogP contribution is -2.44. The van der Waals surface area contributed by atoms with Gasteiger partial charge in [-0.25, -0.2) is 4.98 Å². The summed E-state index contributed by atoms with van der Waals surface area (Å²) in [4.78, 5) is 16.7. The number of amides is 1. The van der Waals surface area contributed by atoms with E-state index in [0.29, 0.717) is 12.5 Å². The molecule has 0 saturated carbocycles. The van der Waals surface area contributed by atoms with Crippen molar-refractivity contribution in [3.8, 4) is 0 Å². The van der Waals surface area contributed by atoms with Gasteiger partial charge in [0.1, 0.15) is 5.01 Å². The maximum absolute atomic E-state index is 12.2. The Morgan fingerprint density at radius 2 is 2.29 bits per heavy atom. The first kappa shape index (κ1) is 20.6. The molecule has 1 saturated heterocycles. The molecule has 4 nitrogen and oxygen atoms in total. The zero-order valence-corrected chi connectivity index (χ0v) is 15.2. The molecule has 1 aromatic rings. The standard InChI is InChI=1S/C14H23N3OS.2ClH/c1-4-14(3,13-16-10(2)9-19-13)17-12(18)8-11-6-5-7-15-11;;/h9,11,15H,4-8H2,1-3H3,(H,17,18);2*1H. The van der Waals surface area contributed by atoms with E-state index in [2.05, 4.69) is 29.5 Å². The minimum atomic E-state index is -0.339. The third-order valence-electron chi connectivity index (χ3n) is 3.81. The molecular weight excluding hydrogens is 329 g/mol. The molecule has 1 aliphatic heterocycles. The first-order chi connectivity index (χ1) is 9.03. The zero-order chi connectivity index (χ0) is 13.9. The highest BCUT2D eigenvalue weighted by atomic mass is 35.5. The van der Waals surface area contributed by atoms with Crippen LogP contribution in [0.5, 0.6) is 0 Å². The smallest absolute Gasteiger partial charge is 0.222 e. The van der Waals surface area contributed by atoms with Gasteiger partial charge >= 0.3 is 0 Å². The number of thiazole rings is 1. The maximum Gasteiger partial charge on any atom is 0.222 e. The van der Waals surface area contributed by atoms with Crippen molar-refractivity contribution in [3.63, 3.8) is 0 Å². The number of nitrogens with zero attached hydrogens (tertiary/aromatic N) is 1. The van der Waals surface area contributed by atoms with Crippen LogP contribution in [0.25, 0.3) is 0 Å². The van der Waals surface area contributed by atoms with Crippen molar-refractivity contribution in [2.75, 3.05) is 6.54 Å². The number of hydrogen-bond donors (Lipinski definition) is 2. The molecule has 2 heterocycles. The van der Waals surface area contributed by atoms with E-state index in [4.69, 9.17) is 0 Å². The molecule has 21 heavy (non-hydrogen) atoms. The molecule has 122 valence electrons. The van der Waals surface area contributed by atoms with E-state index >= 15 is 0 Å². The Balaban J connectivity index is 0.00000200. The van der Waals surface area contributed by atoms with Crippen molar-refractivity contribution in [1.82, 2.24) is 15.6 Å². The van der Waals surface area contributed by atoms with Crippen molar-refractivity contribution in [2.24, 2.45) is 0 Å². The lowest BCUT2D eigenvalue weighted by atomic mass is 9.99. The van der Waals surface area contributed by atoms with Gasteiger partial charge in [-0.1, -0.05) is 6.92 Å². The Labute approximate surface area is 143 Å². The number of rotatable bonds is 5. The monoisotopic (exact) mass is 353 g/mol. The van der Waals surface area contributed by atoms with E-state index in [1.807, 2.05) is 12.3 Å². The number of carbonyl (C=O) groups excluding carboxylic acids is 1. The van der Waals surface area contributed by atoms with Crippen molar-refractivity contribution < 1.29 is 4.79 Å². The molecule has 0 spiro atoms. The topological polar surface area (TPSA) is 54.0 Å². The van der Waals surface area contributed by atoms with Crippen LogP contribution in [0.15, 0.2) is 5.38 Å². The van der Waals surface area contributed by atoms with Crippen LogP contribution in [-0.2, 0) is 10.3 Å². The molecule has 7 heteroatoms. The van der Waals surface area contributed by atoms with Gasteiger partial charge in [-0.15, -0.1) is 36.2 Å². The van der Waals surface area contributed by atoms with Gasteiger partial charge in [0.25, 0.3) is 0 Å². The largest absolute Gasteiger partial charge is 0.344 e. The number of nitrogens with one attached hydrogen (secondary N) is 2. The van der Waals surface area contributed by atoms with Gasteiger partial charge in [0.15, 0.2) is 0 Å². The Morgan fingerprint density at radius 1 is 1.57 bits per heavy atom. The van der Waals surface area contributed by atoms with Gasteiger partial charge in [0.05, 0.1) is 5.54 Å². The van der Waals surface area contributed by atoms with Crippen molar-refractivity contribution in [2.45, 2.75) is 58.0 Å². The quantitative estimate of drug-likeness (QED) is 0.854. The molecule has 1 aliphatic rings. The normalized spacial score (nSPS) is 20.0. The summed E-state index contributed by atoms with van der Waals surface area (Å²) in [6.45, 7) is 7.17. The fourth-order valence-corrected chi connectivity index (χ4v) is 3.40. The number of aryl methyl sites for hydroxylation is 1. The molecule has 2 unspecified atom stereocenters. The third-order valence-corrected chi connectivity index (χ3v) is 5.03. The highest BCUT2D eigenvalue weighted by molar-refractivity contribution is 7.09. The Morgan fingerprint density at radius 3 is 2.76 bits per heavy atom. The van der Waals surface area contributed by atoms with Crippen molar-refractivity contribution in [1.29, 1.82) is 0 Å². The Bertz CT molecular complexity index is 449. The van der Waals surface area contributed by atoms with Gasteiger partial charge in [-0.05, 0) is 39.7 Å². The van der Waals surface area contributed by atoms with E-state index in [1.165, 1.54) is 6.42 Å². The predicted octanol–water partition coefficient (Wildman–Crippen LogP) is 3.18. The van der Waals surface area contributed by atoms with Gasteiger partial charge in [0, 0.05) is 23.5 Å². The number of carbonyl (C=O) groups is 1. The molecule has 2 N–H and O–H groups in total. The van der Waals surface area contributed by atoms with Crippen LogP contribution in [0.2, 0.25) is 0 Å². The van der Waals surface area contributed by atoms with Crippen LogP contribution in [0, 0.1) is 6.92 Å². The second-order valence-electron chi connectivity index (χ2n) is 5.53. The summed E-state index contributed by atoms with van der Waals surface area (Å²) < 4.78 is 0. The summed E-state index contributed by atoms with van der Waals surface area (Å²) in [5.41, 5.74) is 0.681. The molecule has 1 aromatic heterocycles. The SMILES string of the molecule is CCC(C)(NC(=O)CC1CCCN1)c1nc(C)cs1.Cl.Cl. The van der Waals surface area contributed by atoms with E-state index in [-0.39, 0.29) is 36.3 Å². The molecule has 1 amide bonds. The molecule has 0 aliphatic carbocycles. The summed E-state index contributed by atoms with van der Waals surface area (Å²) in [5.74, 6) is 0.122. The minimum Gasteiger partial charge on any atom is -0.344 e. The van der Waals surface area contributed by atoms with Gasteiger partial charge in [-0.2, -0.15) is 0 Å². The first-order valence-electron chi connectivity index (χ1n) is 7.00. The molecule has 0 aromatic carbocycles. The van der Waals surface area contributed by atoms with E-state index in [1.54, 1.807) is 11.3 Å². The number of halogens is 2. The highest BCUT2D eigenvalue weighted by Crippen LogP contribution is 2.27. The molecule has 2 rings (SSSR count). The van der Waals surface area contributed by atoms with E-state index in [0.717, 1.165) is 30.1 Å². The van der Waals surface area contributed by atoms with Crippen LogP contribution >= 0.6 is 36.2 Å². The van der Waals surface area contributed by atoms with Crippen LogP contribution in [0.1, 0.15) is 50.2 Å². The Hall–Kier alpha value is -0.360. The molecule has 1 fully saturated rings. The van der Waals surface area contributed by atoms with Gasteiger partial charge in [0.2, 0.25) is 5.91 Å². The second kappa shape index (κ2) is 8.93. The van der Waals surface area contributed by atoms with Crippen LogP contribution < -0.4 is 10.6 Å². The number of aromatic nitrogens is 1. The second-order valence-corrected chi connectivity index (χ2v) is 6.38. The fraction of sp³-hybridized carbons (Fsp3) is 0.714. The third kappa shape index (κ3) is 5.40. The van der Waals surface area contributed by atoms with E-state index < -0.39 is 0 Å². The molecule has 2 atom stereocenters. The van der Waals surface area contributed by atoms with Crippen LogP contribution in [0.4, 0.5) is 0 Å². The average Bonchev–Trinajstić information content (AvgIpc) is 3.00. The highest BCUT2D eigenvalue weighted by Gasteiger charge is 2.30. The number of hydrogen-bond acceptors (Lipinski definition) is 4. The Kier molecular flexibility index (Phi) is 8.78. The maximum atomic E-state index is 12.2. The van der Waals surface area contributed by atoms with Crippen LogP contribution in [-0.4, -0.2) is 23.5 Å². The zero-order valence-electron chi connectivity index (χ0n) is 12.8. The van der Waals surface area contributed by atoms with Gasteiger partial charge < -0.3 is 10.6 Å². The van der Waals surface area contributed by atoms with Gasteiger partial charge in [-0.3, -0.25) is 4.79 Å². The summed E-state index contributed by atoms with van der Waals surface area (Å²) in [7, 11) is 0. The van der Waals surface area contributed by atoms with E-state index in [9.17, 15) is 4.79 Å². The molecule has 0 radical (unpaired) electrons.